The molecular weight excluding hydrogens is 364 g/mol. The quantitative estimate of drug-likeness (QED) is 0.505. The van der Waals surface area contributed by atoms with Gasteiger partial charge in [-0.3, -0.25) is 10.4 Å². The van der Waals surface area contributed by atoms with E-state index in [1.807, 2.05) is 18.2 Å². The Labute approximate surface area is 171 Å². The Morgan fingerprint density at radius 3 is 2.50 bits per heavy atom. The van der Waals surface area contributed by atoms with Crippen LogP contribution in [0.2, 0.25) is 0 Å². The number of fused-ring (bicyclic) bond motifs is 1. The lowest BCUT2D eigenvalue weighted by atomic mass is 9.90. The maximum Gasteiger partial charge on any atom is 0.183 e. The predicted octanol–water partition coefficient (Wildman–Crippen LogP) is 4.55. The van der Waals surface area contributed by atoms with Crippen LogP contribution in [-0.4, -0.2) is 28.1 Å². The summed E-state index contributed by atoms with van der Waals surface area (Å²) in [6.45, 7) is 4.06. The van der Waals surface area contributed by atoms with Crippen molar-refractivity contribution in [2.24, 2.45) is 0 Å². The summed E-state index contributed by atoms with van der Waals surface area (Å²) in [6.07, 6.45) is 2.27. The van der Waals surface area contributed by atoms with Crippen molar-refractivity contribution in [2.75, 3.05) is 13.1 Å². The molecule has 0 unspecified atom stereocenters. The van der Waals surface area contributed by atoms with Crippen molar-refractivity contribution in [3.8, 4) is 0 Å². The van der Waals surface area contributed by atoms with Gasteiger partial charge in [0, 0.05) is 18.5 Å². The highest BCUT2D eigenvalue weighted by Gasteiger charge is 2.22. The number of nitrogens with one attached hydrogen (secondary N) is 2. The second-order valence-electron chi connectivity index (χ2n) is 7.40. The second kappa shape index (κ2) is 8.67. The van der Waals surface area contributed by atoms with Crippen molar-refractivity contribution in [1.29, 1.82) is 0 Å². The monoisotopic (exact) mass is 390 g/mol. The number of hydrogen-bond donors (Lipinski definition) is 2. The number of thiocarbonyl (C=S) groups is 1. The van der Waals surface area contributed by atoms with E-state index in [1.165, 1.54) is 5.56 Å². The molecule has 3 aromatic rings. The van der Waals surface area contributed by atoms with Crippen molar-refractivity contribution >= 4 is 28.2 Å². The predicted molar refractivity (Wildman–Crippen MR) is 119 cm³/mol. The van der Waals surface area contributed by atoms with Crippen LogP contribution in [0.25, 0.3) is 10.9 Å². The molecule has 5 heteroatoms. The van der Waals surface area contributed by atoms with Gasteiger partial charge in [0.15, 0.2) is 5.11 Å². The summed E-state index contributed by atoms with van der Waals surface area (Å²) in [5.74, 6) is 0.633. The number of benzene rings is 2. The molecule has 0 aliphatic carbocycles. The summed E-state index contributed by atoms with van der Waals surface area (Å²) in [7, 11) is 0. The summed E-state index contributed by atoms with van der Waals surface area (Å²) < 4.78 is 0. The number of rotatable bonds is 4. The molecule has 4 nitrogen and oxygen atoms in total. The topological polar surface area (TPSA) is 40.2 Å². The van der Waals surface area contributed by atoms with Gasteiger partial charge in [0.05, 0.1) is 17.3 Å². The van der Waals surface area contributed by atoms with Gasteiger partial charge in [-0.25, -0.2) is 5.43 Å². The third kappa shape index (κ3) is 4.32. The molecule has 2 aromatic carbocycles. The van der Waals surface area contributed by atoms with E-state index >= 15 is 0 Å². The lowest BCUT2D eigenvalue weighted by Gasteiger charge is -2.34. The number of para-hydroxylation sites is 1. The first-order valence-electron chi connectivity index (χ1n) is 9.92. The van der Waals surface area contributed by atoms with E-state index in [4.69, 9.17) is 17.2 Å². The molecule has 1 saturated heterocycles. The number of hydrogen-bond acceptors (Lipinski definition) is 3. The molecule has 28 heavy (non-hydrogen) atoms. The Kier molecular flexibility index (Phi) is 5.84. The van der Waals surface area contributed by atoms with E-state index < -0.39 is 0 Å². The van der Waals surface area contributed by atoms with E-state index in [0.717, 1.165) is 47.6 Å². The van der Waals surface area contributed by atoms with Crippen molar-refractivity contribution in [1.82, 2.24) is 20.7 Å². The fraction of sp³-hybridized carbons (Fsp3) is 0.304. The van der Waals surface area contributed by atoms with E-state index in [9.17, 15) is 0 Å². The maximum atomic E-state index is 5.61. The highest BCUT2D eigenvalue weighted by molar-refractivity contribution is 7.80. The number of aromatic nitrogens is 1. The van der Waals surface area contributed by atoms with Gasteiger partial charge < -0.3 is 4.90 Å². The third-order valence-electron chi connectivity index (χ3n) is 5.51. The highest BCUT2D eigenvalue weighted by Crippen LogP contribution is 2.27. The molecule has 0 amide bonds. The van der Waals surface area contributed by atoms with Crippen LogP contribution >= 0.6 is 12.2 Å². The molecule has 4 rings (SSSR count). The zero-order valence-electron chi connectivity index (χ0n) is 16.1. The van der Waals surface area contributed by atoms with Crippen molar-refractivity contribution in [3.05, 3.63) is 78.0 Å². The van der Waals surface area contributed by atoms with Crippen LogP contribution < -0.4 is 10.9 Å². The van der Waals surface area contributed by atoms with Crippen LogP contribution in [0.15, 0.2) is 66.7 Å². The van der Waals surface area contributed by atoms with Crippen LogP contribution in [0.5, 0.6) is 0 Å². The van der Waals surface area contributed by atoms with Gasteiger partial charge in [-0.05, 0) is 55.6 Å². The zero-order chi connectivity index (χ0) is 19.3. The first-order valence-corrected chi connectivity index (χ1v) is 10.3. The van der Waals surface area contributed by atoms with Gasteiger partial charge in [-0.2, -0.15) is 0 Å². The lowest BCUT2D eigenvalue weighted by Crippen LogP contribution is -2.49. The molecule has 144 valence electrons. The first-order chi connectivity index (χ1) is 13.7. The molecule has 0 spiro atoms. The molecule has 0 bridgehead atoms. The second-order valence-corrected chi connectivity index (χ2v) is 7.78. The van der Waals surface area contributed by atoms with Crippen LogP contribution in [-0.2, 0) is 0 Å². The number of hydrazine groups is 1. The van der Waals surface area contributed by atoms with E-state index in [0.29, 0.717) is 5.92 Å². The molecular formula is C23H26N4S. The fourth-order valence-electron chi connectivity index (χ4n) is 3.79. The average Bonchev–Trinajstić information content (AvgIpc) is 2.77. The first kappa shape index (κ1) is 18.8. The van der Waals surface area contributed by atoms with E-state index in [2.05, 4.69) is 71.2 Å². The van der Waals surface area contributed by atoms with Crippen LogP contribution in [0, 0.1) is 0 Å². The summed E-state index contributed by atoms with van der Waals surface area (Å²) >= 11 is 5.61. The fourth-order valence-corrected chi connectivity index (χ4v) is 4.03. The van der Waals surface area contributed by atoms with Gasteiger partial charge in [0.1, 0.15) is 0 Å². The molecule has 1 atom stereocenters. The third-order valence-corrected chi connectivity index (χ3v) is 5.87. The van der Waals surface area contributed by atoms with Gasteiger partial charge in [0.2, 0.25) is 0 Å². The summed E-state index contributed by atoms with van der Waals surface area (Å²) in [5.41, 5.74) is 9.98. The molecule has 2 heterocycles. The minimum atomic E-state index is 0.0596. The normalized spacial score (nSPS) is 16.1. The maximum absolute atomic E-state index is 5.61. The van der Waals surface area contributed by atoms with Crippen molar-refractivity contribution in [2.45, 2.75) is 31.7 Å². The van der Waals surface area contributed by atoms with Gasteiger partial charge >= 0.3 is 0 Å². The van der Waals surface area contributed by atoms with Crippen LogP contribution in [0.4, 0.5) is 0 Å². The average molecular weight is 391 g/mol. The SMILES string of the molecule is C[C@H](NNC(=S)N1CCC(c2ccccc2)CC1)c1ccc2ccccc2n1. The molecule has 1 aromatic heterocycles. The summed E-state index contributed by atoms with van der Waals surface area (Å²) in [5, 5.41) is 1.92. The molecule has 0 saturated carbocycles. The Balaban J connectivity index is 1.29. The van der Waals surface area contributed by atoms with Crippen LogP contribution in [0.3, 0.4) is 0 Å². The largest absolute Gasteiger partial charge is 0.348 e. The minimum absolute atomic E-state index is 0.0596. The van der Waals surface area contributed by atoms with Crippen molar-refractivity contribution < 1.29 is 0 Å². The summed E-state index contributed by atoms with van der Waals surface area (Å²) in [4.78, 5) is 7.00. The van der Waals surface area contributed by atoms with Gasteiger partial charge in [-0.15, -0.1) is 0 Å². The number of pyridine rings is 1. The Morgan fingerprint density at radius 2 is 1.71 bits per heavy atom. The zero-order valence-corrected chi connectivity index (χ0v) is 17.0. The minimum Gasteiger partial charge on any atom is -0.348 e. The summed E-state index contributed by atoms with van der Waals surface area (Å²) in [6, 6.07) is 23.2. The van der Waals surface area contributed by atoms with Crippen LogP contribution in [0.1, 0.15) is 43.0 Å². The molecule has 0 radical (unpaired) electrons. The standard InChI is InChI=1S/C23H26N4S/c1-17(21-12-11-20-9-5-6-10-22(20)24-21)25-26-23(28)27-15-13-19(14-16-27)18-7-3-2-4-8-18/h2-12,17,19,25H,13-16H2,1H3,(H,26,28)/t17-/m0/s1. The Bertz CT molecular complexity index is 935. The highest BCUT2D eigenvalue weighted by atomic mass is 32.1. The molecule has 1 aliphatic rings. The molecule has 1 aliphatic heterocycles. The lowest BCUT2D eigenvalue weighted by molar-refractivity contribution is 0.304. The molecule has 2 N–H and O–H groups in total. The number of likely N-dealkylation sites (tertiary alicyclic amines) is 1. The van der Waals surface area contributed by atoms with E-state index in [1.54, 1.807) is 0 Å². The molecule has 1 fully saturated rings. The smallest absolute Gasteiger partial charge is 0.183 e. The van der Waals surface area contributed by atoms with Gasteiger partial charge in [0.25, 0.3) is 0 Å². The number of nitrogens with zero attached hydrogens (tertiary/aromatic N) is 2. The van der Waals surface area contributed by atoms with Gasteiger partial charge in [-0.1, -0.05) is 54.6 Å². The number of piperidine rings is 1. The van der Waals surface area contributed by atoms with E-state index in [-0.39, 0.29) is 6.04 Å². The van der Waals surface area contributed by atoms with Crippen molar-refractivity contribution in [3.63, 3.8) is 0 Å². The Hall–Kier alpha value is -2.50. The Morgan fingerprint density at radius 1 is 1.00 bits per heavy atom.